The molecule has 0 aromatic heterocycles. The Labute approximate surface area is 239 Å². The predicted molar refractivity (Wildman–Crippen MR) is 133 cm³/mol. The molecule has 4 rings (SSSR count). The van der Waals surface area contributed by atoms with Gasteiger partial charge in [0.25, 0.3) is 0 Å². The second kappa shape index (κ2) is 10.4. The van der Waals surface area contributed by atoms with Crippen LogP contribution in [0.5, 0.6) is 0 Å². The Morgan fingerprint density at radius 3 is 2.30 bits per heavy atom. The van der Waals surface area contributed by atoms with E-state index in [9.17, 15) is 37.5 Å². The summed E-state index contributed by atoms with van der Waals surface area (Å²) in [5.41, 5.74) is 0.362. The monoisotopic (exact) mass is 562 g/mol. The van der Waals surface area contributed by atoms with Crippen LogP contribution in [0.1, 0.15) is 25.5 Å². The molecule has 3 fully saturated rings. The second-order valence-corrected chi connectivity index (χ2v) is 12.8. The summed E-state index contributed by atoms with van der Waals surface area (Å²) in [5.74, 6) is -2.42. The van der Waals surface area contributed by atoms with Crippen LogP contribution in [0.15, 0.2) is 30.3 Å². The molecule has 3 N–H and O–H groups in total. The van der Waals surface area contributed by atoms with Crippen LogP contribution < -0.4 is 10.6 Å². The van der Waals surface area contributed by atoms with Crippen LogP contribution in [-0.2, 0) is 24.4 Å². The molecule has 3 aliphatic heterocycles. The summed E-state index contributed by atoms with van der Waals surface area (Å²) in [6.45, 7) is 3.02. The van der Waals surface area contributed by atoms with Crippen LogP contribution in [0.4, 0.5) is 9.59 Å². The molecule has 6 amide bonds. The number of β-lactam (4-membered cyclic amide) rings is 1. The summed E-state index contributed by atoms with van der Waals surface area (Å²) in [6.07, 6.45) is 0.850. The molecule has 0 aliphatic carbocycles. The molecule has 0 bridgehead atoms. The third-order valence-electron chi connectivity index (χ3n) is 6.25. The number of amides is 6. The molecule has 13 nitrogen and oxygen atoms in total. The van der Waals surface area contributed by atoms with Crippen LogP contribution in [0, 0.1) is 0 Å². The number of aliphatic carboxylic acids is 1. The Bertz CT molecular complexity index is 1240. The van der Waals surface area contributed by atoms with Gasteiger partial charge >= 0.3 is 18.0 Å². The number of nitrogens with zero attached hydrogens (tertiary/aromatic N) is 3. The van der Waals surface area contributed by atoms with E-state index in [0.29, 0.717) is 14.8 Å². The van der Waals surface area contributed by atoms with Gasteiger partial charge in [-0.3, -0.25) is 9.59 Å². The maximum atomic E-state index is 13.3. The SMILES string of the molecule is CC1(C)S[C@H]2[C@@H](NC(=O)[C@H](NC(=O)N3CCN(S(C)(=O)=O)C3=O)c3ccccc3)C(=O)N2[C@@H]1C(=O)O.[Na]. The molecule has 0 spiro atoms. The third kappa shape index (κ3) is 5.32. The summed E-state index contributed by atoms with van der Waals surface area (Å²) >= 11 is 1.26. The van der Waals surface area contributed by atoms with E-state index in [4.69, 9.17) is 0 Å². The number of carboxylic acids is 1. The van der Waals surface area contributed by atoms with Crippen LogP contribution >= 0.6 is 11.8 Å². The van der Waals surface area contributed by atoms with E-state index in [1.54, 1.807) is 44.2 Å². The molecule has 1 aromatic carbocycles. The molecule has 0 unspecified atom stereocenters. The van der Waals surface area contributed by atoms with Crippen LogP contribution in [0.3, 0.4) is 0 Å². The van der Waals surface area contributed by atoms with E-state index >= 15 is 0 Å². The largest absolute Gasteiger partial charge is 0.480 e. The number of nitrogens with one attached hydrogen (secondary N) is 2. The summed E-state index contributed by atoms with van der Waals surface area (Å²) in [4.78, 5) is 65.0. The fourth-order valence-electron chi connectivity index (χ4n) is 4.54. The van der Waals surface area contributed by atoms with Crippen molar-refractivity contribution in [3.63, 3.8) is 0 Å². The van der Waals surface area contributed by atoms with Crippen molar-refractivity contribution in [2.24, 2.45) is 0 Å². The Balaban J connectivity index is 0.00000380. The summed E-state index contributed by atoms with van der Waals surface area (Å²) in [6, 6.07) is 2.76. The molecule has 0 saturated carbocycles. The molecule has 3 saturated heterocycles. The van der Waals surface area contributed by atoms with E-state index in [1.807, 2.05) is 0 Å². The minimum Gasteiger partial charge on any atom is -0.480 e. The molecular formula is C21H25N5NaO8S2. The Morgan fingerprint density at radius 1 is 1.14 bits per heavy atom. The van der Waals surface area contributed by atoms with Crippen molar-refractivity contribution in [2.45, 2.75) is 42.1 Å². The average molecular weight is 563 g/mol. The van der Waals surface area contributed by atoms with E-state index < -0.39 is 68.1 Å². The van der Waals surface area contributed by atoms with Gasteiger partial charge in [-0.05, 0) is 19.4 Å². The smallest absolute Gasteiger partial charge is 0.341 e. The van der Waals surface area contributed by atoms with Crippen molar-refractivity contribution in [3.8, 4) is 0 Å². The van der Waals surface area contributed by atoms with Gasteiger partial charge in [0.15, 0.2) is 0 Å². The molecule has 16 heteroatoms. The summed E-state index contributed by atoms with van der Waals surface area (Å²) in [7, 11) is -3.87. The minimum atomic E-state index is -3.87. The Kier molecular flexibility index (Phi) is 8.25. The number of carbonyl (C=O) groups is 5. The molecule has 1 radical (unpaired) electrons. The quantitative estimate of drug-likeness (QED) is 0.302. The maximum Gasteiger partial charge on any atom is 0.341 e. The number of sulfonamides is 1. The number of carbonyl (C=O) groups excluding carboxylic acids is 4. The Hall–Kier alpha value is -2.33. The molecule has 3 aliphatic rings. The van der Waals surface area contributed by atoms with Gasteiger partial charge < -0.3 is 20.6 Å². The standard InChI is InChI=1S/C21H25N5O8S2.Na/c1-21(2)14(18(29)30)26-16(28)13(17(26)35-21)22-15(27)12(11-7-5-4-6-8-11)23-19(31)24-9-10-25(20(24)32)36(3,33)34;/h4-8,12-14,17H,9-10H2,1-3H3,(H,22,27)(H,23,31)(H,29,30);/t12-,13+,14-,17+;/m1./s1. The zero-order valence-electron chi connectivity index (χ0n) is 20.6. The van der Waals surface area contributed by atoms with Crippen molar-refractivity contribution in [2.75, 3.05) is 19.3 Å². The first kappa shape index (κ1) is 29.2. The fourth-order valence-corrected chi connectivity index (χ4v) is 6.96. The Morgan fingerprint density at radius 2 is 1.76 bits per heavy atom. The van der Waals surface area contributed by atoms with Gasteiger partial charge in [0.05, 0.1) is 19.3 Å². The van der Waals surface area contributed by atoms with Gasteiger partial charge in [0, 0.05) is 34.3 Å². The fraction of sp³-hybridized carbons (Fsp3) is 0.476. The van der Waals surface area contributed by atoms with Crippen molar-refractivity contribution < 1.29 is 37.5 Å². The molecule has 1 aromatic rings. The van der Waals surface area contributed by atoms with E-state index in [0.717, 1.165) is 6.26 Å². The summed E-state index contributed by atoms with van der Waals surface area (Å²) in [5, 5.41) is 14.0. The average Bonchev–Trinajstić information content (AvgIpc) is 3.31. The molecule has 3 heterocycles. The number of hydrogen-bond acceptors (Lipinski definition) is 8. The van der Waals surface area contributed by atoms with E-state index in [2.05, 4.69) is 10.6 Å². The zero-order chi connectivity index (χ0) is 26.6. The van der Waals surface area contributed by atoms with Crippen LogP contribution in [-0.4, -0.2) is 129 Å². The number of imide groups is 1. The number of hydrogen-bond donors (Lipinski definition) is 3. The molecule has 195 valence electrons. The maximum absolute atomic E-state index is 13.3. The van der Waals surface area contributed by atoms with Gasteiger partial charge in [-0.2, -0.15) is 0 Å². The van der Waals surface area contributed by atoms with Gasteiger partial charge in [0.2, 0.25) is 21.8 Å². The number of carboxylic acid groups (broad SMARTS) is 1. The van der Waals surface area contributed by atoms with Gasteiger partial charge in [-0.15, -0.1) is 11.8 Å². The van der Waals surface area contributed by atoms with Gasteiger partial charge in [-0.1, -0.05) is 30.3 Å². The number of urea groups is 2. The summed E-state index contributed by atoms with van der Waals surface area (Å²) < 4.78 is 23.3. The van der Waals surface area contributed by atoms with Crippen molar-refractivity contribution in [1.82, 2.24) is 24.7 Å². The third-order valence-corrected chi connectivity index (χ3v) is 8.96. The van der Waals surface area contributed by atoms with Crippen molar-refractivity contribution >= 4 is 81.2 Å². The zero-order valence-corrected chi connectivity index (χ0v) is 24.2. The van der Waals surface area contributed by atoms with Crippen molar-refractivity contribution in [3.05, 3.63) is 35.9 Å². The minimum absolute atomic E-state index is 0. The van der Waals surface area contributed by atoms with Crippen LogP contribution in [0.25, 0.3) is 0 Å². The normalized spacial score (nSPS) is 25.1. The predicted octanol–water partition coefficient (Wildman–Crippen LogP) is -0.615. The first-order valence-electron chi connectivity index (χ1n) is 10.9. The van der Waals surface area contributed by atoms with Crippen molar-refractivity contribution in [1.29, 1.82) is 0 Å². The van der Waals surface area contributed by atoms with Gasteiger partial charge in [0.1, 0.15) is 23.5 Å². The first-order chi connectivity index (χ1) is 16.7. The number of benzene rings is 1. The first-order valence-corrected chi connectivity index (χ1v) is 13.6. The van der Waals surface area contributed by atoms with Crippen LogP contribution in [0.2, 0.25) is 0 Å². The second-order valence-electron chi connectivity index (χ2n) is 9.15. The molecule has 37 heavy (non-hydrogen) atoms. The van der Waals surface area contributed by atoms with E-state index in [-0.39, 0.29) is 42.6 Å². The topological polar surface area (TPSA) is 173 Å². The van der Waals surface area contributed by atoms with E-state index in [1.165, 1.54) is 16.7 Å². The molecular weight excluding hydrogens is 537 g/mol. The van der Waals surface area contributed by atoms with Gasteiger partial charge in [-0.25, -0.2) is 32.0 Å². The number of fused-ring (bicyclic) bond motifs is 1. The molecule has 4 atom stereocenters. The number of rotatable bonds is 6. The number of thioether (sulfide) groups is 1.